The van der Waals surface area contributed by atoms with E-state index in [1.54, 1.807) is 0 Å². The summed E-state index contributed by atoms with van der Waals surface area (Å²) in [4.78, 5) is 22.5. The molecule has 1 amide bonds. The number of rotatable bonds is 4. The fraction of sp³-hybridized carbons (Fsp3) is 0.125. The van der Waals surface area contributed by atoms with Crippen molar-refractivity contribution in [3.63, 3.8) is 0 Å². The van der Waals surface area contributed by atoms with Crippen LogP contribution in [0.4, 0.5) is 5.69 Å². The van der Waals surface area contributed by atoms with Gasteiger partial charge in [-0.1, -0.05) is 53.7 Å². The average molecular weight is 413 g/mol. The van der Waals surface area contributed by atoms with Crippen LogP contribution < -0.4 is 5.32 Å². The van der Waals surface area contributed by atoms with Crippen molar-refractivity contribution >= 4 is 50.9 Å². The van der Waals surface area contributed by atoms with Crippen molar-refractivity contribution in [2.45, 2.75) is 24.3 Å². The molecule has 0 radical (unpaired) electrons. The topological polar surface area (TPSA) is 59.3 Å². The summed E-state index contributed by atoms with van der Waals surface area (Å²) in [5, 5.41) is 4.41. The number of nitrogens with zero attached hydrogens (tertiary/aromatic N) is 3. The molecule has 0 saturated carbocycles. The van der Waals surface area contributed by atoms with Gasteiger partial charge in [0.05, 0.1) is 21.8 Å². The second kappa shape index (κ2) is 7.46. The molecule has 0 aliphatic heterocycles. The number of thioether (sulfide) groups is 1. The molecule has 3 aromatic carbocycles. The summed E-state index contributed by atoms with van der Waals surface area (Å²) in [7, 11) is 0. The Bertz CT molecular complexity index is 1390. The van der Waals surface area contributed by atoms with Crippen molar-refractivity contribution in [2.24, 2.45) is 0 Å². The third kappa shape index (κ3) is 3.29. The zero-order valence-corrected chi connectivity index (χ0v) is 17.5. The summed E-state index contributed by atoms with van der Waals surface area (Å²) in [5.74, 6) is -0.0589. The second-order valence-corrected chi connectivity index (χ2v) is 8.59. The molecule has 0 aliphatic rings. The van der Waals surface area contributed by atoms with Crippen molar-refractivity contribution in [1.82, 2.24) is 14.4 Å². The highest BCUT2D eigenvalue weighted by Gasteiger charge is 2.20. The lowest BCUT2D eigenvalue weighted by Gasteiger charge is -2.14. The predicted octanol–water partition coefficient (Wildman–Crippen LogP) is 5.46. The maximum Gasteiger partial charge on any atom is 0.237 e. The van der Waals surface area contributed by atoms with Crippen LogP contribution in [0.5, 0.6) is 0 Å². The van der Waals surface area contributed by atoms with Crippen molar-refractivity contribution in [3.8, 4) is 0 Å². The average Bonchev–Trinajstić information content (AvgIpc) is 3.15. The zero-order valence-electron chi connectivity index (χ0n) is 16.7. The molecule has 1 N–H and O–H groups in total. The Hall–Kier alpha value is -3.38. The number of nitrogens with one attached hydrogen (secondary N) is 1. The van der Waals surface area contributed by atoms with Crippen molar-refractivity contribution < 1.29 is 4.79 Å². The third-order valence-electron chi connectivity index (χ3n) is 5.08. The van der Waals surface area contributed by atoms with Gasteiger partial charge in [0.25, 0.3) is 0 Å². The summed E-state index contributed by atoms with van der Waals surface area (Å²) in [6.45, 7) is 3.92. The fourth-order valence-electron chi connectivity index (χ4n) is 3.49. The van der Waals surface area contributed by atoms with Crippen LogP contribution in [0.25, 0.3) is 27.6 Å². The van der Waals surface area contributed by atoms with E-state index in [1.165, 1.54) is 11.8 Å². The Morgan fingerprint density at radius 3 is 2.43 bits per heavy atom. The number of hydrogen-bond acceptors (Lipinski definition) is 4. The Morgan fingerprint density at radius 2 is 1.63 bits per heavy atom. The minimum atomic E-state index is -0.329. The predicted molar refractivity (Wildman–Crippen MR) is 123 cm³/mol. The van der Waals surface area contributed by atoms with Gasteiger partial charge in [-0.25, -0.2) is 9.97 Å². The highest BCUT2D eigenvalue weighted by molar-refractivity contribution is 8.00. The van der Waals surface area contributed by atoms with E-state index in [2.05, 4.69) is 9.72 Å². The molecule has 5 rings (SSSR count). The van der Waals surface area contributed by atoms with Gasteiger partial charge in [0.1, 0.15) is 5.65 Å². The van der Waals surface area contributed by atoms with E-state index in [0.29, 0.717) is 0 Å². The smallest absolute Gasteiger partial charge is 0.237 e. The number of fused-ring (bicyclic) bond motifs is 5. The molecule has 0 spiro atoms. The Labute approximate surface area is 178 Å². The molecule has 2 aromatic heterocycles. The van der Waals surface area contributed by atoms with Crippen LogP contribution >= 0.6 is 11.8 Å². The highest BCUT2D eigenvalue weighted by atomic mass is 32.2. The van der Waals surface area contributed by atoms with Gasteiger partial charge in [-0.05, 0) is 50.2 Å². The van der Waals surface area contributed by atoms with Gasteiger partial charge in [0.2, 0.25) is 5.91 Å². The monoisotopic (exact) mass is 412 g/mol. The van der Waals surface area contributed by atoms with E-state index in [0.717, 1.165) is 44.0 Å². The number of aryl methyl sites for hydroxylation is 1. The molecule has 148 valence electrons. The standard InChI is InChI=1S/C24H20N4OS/c1-15-11-13-17(14-12-15)25-23(29)16(2)30-24-27-19-8-4-3-7-18(19)22-26-20-9-5-6-10-21(20)28(22)24/h3-14,16H,1-2H3,(H,25,29)/t16-/m0/s1. The normalized spacial score (nSPS) is 12.5. The molecule has 0 bridgehead atoms. The number of amides is 1. The lowest BCUT2D eigenvalue weighted by atomic mass is 10.2. The lowest BCUT2D eigenvalue weighted by Crippen LogP contribution is -2.22. The Morgan fingerprint density at radius 1 is 0.933 bits per heavy atom. The Kier molecular flexibility index (Phi) is 4.64. The van der Waals surface area contributed by atoms with Gasteiger partial charge in [0.15, 0.2) is 5.16 Å². The molecule has 0 fully saturated rings. The number of carbonyl (C=O) groups excluding carboxylic acids is 1. The number of aromatic nitrogens is 3. The van der Waals surface area contributed by atoms with E-state index >= 15 is 0 Å². The van der Waals surface area contributed by atoms with Gasteiger partial charge in [-0.2, -0.15) is 0 Å². The molecule has 0 aliphatic carbocycles. The third-order valence-corrected chi connectivity index (χ3v) is 6.14. The van der Waals surface area contributed by atoms with Crippen LogP contribution in [-0.2, 0) is 4.79 Å². The molecular weight excluding hydrogens is 392 g/mol. The number of para-hydroxylation sites is 3. The first-order chi connectivity index (χ1) is 14.6. The summed E-state index contributed by atoms with van der Waals surface area (Å²) >= 11 is 1.44. The van der Waals surface area contributed by atoms with E-state index in [9.17, 15) is 4.79 Å². The number of imidazole rings is 1. The van der Waals surface area contributed by atoms with Gasteiger partial charge in [-0.3, -0.25) is 9.20 Å². The van der Waals surface area contributed by atoms with Gasteiger partial charge in [0, 0.05) is 11.1 Å². The number of benzene rings is 3. The first kappa shape index (κ1) is 18.6. The molecule has 5 aromatic rings. The quantitative estimate of drug-likeness (QED) is 0.314. The number of hydrogen-bond donors (Lipinski definition) is 1. The van der Waals surface area contributed by atoms with Crippen molar-refractivity contribution in [1.29, 1.82) is 0 Å². The van der Waals surface area contributed by atoms with Crippen molar-refractivity contribution in [3.05, 3.63) is 78.4 Å². The first-order valence-electron chi connectivity index (χ1n) is 9.80. The summed E-state index contributed by atoms with van der Waals surface area (Å²) in [6, 6.07) is 23.8. The van der Waals surface area contributed by atoms with Gasteiger partial charge >= 0.3 is 0 Å². The lowest BCUT2D eigenvalue weighted by molar-refractivity contribution is -0.115. The molecule has 0 saturated heterocycles. The second-order valence-electron chi connectivity index (χ2n) is 7.29. The molecule has 1 atom stereocenters. The number of carbonyl (C=O) groups is 1. The zero-order chi connectivity index (χ0) is 20.7. The van der Waals surface area contributed by atoms with Crippen LogP contribution in [0.3, 0.4) is 0 Å². The molecule has 0 unspecified atom stereocenters. The van der Waals surface area contributed by atoms with Crippen LogP contribution in [-0.4, -0.2) is 25.5 Å². The molecular formula is C24H20N4OS. The number of anilines is 1. The molecule has 5 nitrogen and oxygen atoms in total. The van der Waals surface area contributed by atoms with Crippen molar-refractivity contribution in [2.75, 3.05) is 5.32 Å². The summed E-state index contributed by atoms with van der Waals surface area (Å²) in [6.07, 6.45) is 0. The molecule has 2 heterocycles. The fourth-order valence-corrected chi connectivity index (χ4v) is 4.41. The van der Waals surface area contributed by atoms with E-state index < -0.39 is 0 Å². The van der Waals surface area contributed by atoms with Crippen LogP contribution in [0.2, 0.25) is 0 Å². The maximum atomic E-state index is 12.8. The SMILES string of the molecule is Cc1ccc(NC(=O)[C@H](C)Sc2nc3ccccc3c3nc4ccccc4n23)cc1. The van der Waals surface area contributed by atoms with Crippen LogP contribution in [0, 0.1) is 6.92 Å². The van der Waals surface area contributed by atoms with Crippen LogP contribution in [0.15, 0.2) is 78.0 Å². The Balaban J connectivity index is 1.55. The largest absolute Gasteiger partial charge is 0.325 e. The molecule has 6 heteroatoms. The van der Waals surface area contributed by atoms with E-state index in [-0.39, 0.29) is 11.2 Å². The van der Waals surface area contributed by atoms with Crippen LogP contribution in [0.1, 0.15) is 12.5 Å². The van der Waals surface area contributed by atoms with Gasteiger partial charge < -0.3 is 5.32 Å². The minimum absolute atomic E-state index is 0.0589. The highest BCUT2D eigenvalue weighted by Crippen LogP contribution is 2.31. The maximum absolute atomic E-state index is 12.8. The minimum Gasteiger partial charge on any atom is -0.325 e. The van der Waals surface area contributed by atoms with E-state index in [1.807, 2.05) is 86.6 Å². The summed E-state index contributed by atoms with van der Waals surface area (Å²) in [5.41, 5.74) is 5.57. The van der Waals surface area contributed by atoms with Gasteiger partial charge in [-0.15, -0.1) is 0 Å². The summed E-state index contributed by atoms with van der Waals surface area (Å²) < 4.78 is 2.05. The first-order valence-corrected chi connectivity index (χ1v) is 10.7. The molecule has 30 heavy (non-hydrogen) atoms. The van der Waals surface area contributed by atoms with E-state index in [4.69, 9.17) is 9.97 Å².